The largest absolute Gasteiger partial charge is 0.365 e. The highest BCUT2D eigenvalue weighted by Gasteiger charge is 2.27. The number of fused-ring (bicyclic) bond motifs is 3. The van der Waals surface area contributed by atoms with Crippen LogP contribution in [0.5, 0.6) is 0 Å². The predicted octanol–water partition coefficient (Wildman–Crippen LogP) is 5.24. The Kier molecular flexibility index (Phi) is 6.20. The normalized spacial score (nSPS) is 15.7. The molecule has 0 saturated carbocycles. The van der Waals surface area contributed by atoms with E-state index in [1.165, 1.54) is 57.5 Å². The Labute approximate surface area is 222 Å². The van der Waals surface area contributed by atoms with Crippen LogP contribution in [-0.4, -0.2) is 21.4 Å². The van der Waals surface area contributed by atoms with Crippen molar-refractivity contribution < 1.29 is 9.59 Å². The van der Waals surface area contributed by atoms with Gasteiger partial charge in [0.15, 0.2) is 0 Å². The van der Waals surface area contributed by atoms with E-state index in [2.05, 4.69) is 28.5 Å². The molecule has 0 radical (unpaired) electrons. The number of benzene rings is 1. The standard InChI is InChI=1S/C28H28N4O3S2/c1-15(25(34)31-27-22(24(29)33)19-8-4-5-9-21(19)37-27)32-14-30-26-23(28(32)35)20(13-36-26)18-11-10-16-6-2-3-7-17(16)12-18/h10-15H,2-9H2,1H3,(H2,29,33)(H,31,34). The lowest BCUT2D eigenvalue weighted by Crippen LogP contribution is -2.32. The van der Waals surface area contributed by atoms with Gasteiger partial charge in [-0.25, -0.2) is 4.98 Å². The molecule has 0 aliphatic heterocycles. The van der Waals surface area contributed by atoms with E-state index in [0.717, 1.165) is 60.1 Å². The van der Waals surface area contributed by atoms with Crippen molar-refractivity contribution >= 4 is 49.7 Å². The molecule has 3 N–H and O–H groups in total. The molecule has 190 valence electrons. The highest BCUT2D eigenvalue weighted by Crippen LogP contribution is 2.38. The van der Waals surface area contributed by atoms with Crippen LogP contribution in [0.25, 0.3) is 21.3 Å². The molecular weight excluding hydrogens is 504 g/mol. The van der Waals surface area contributed by atoms with Crippen molar-refractivity contribution in [2.75, 3.05) is 5.32 Å². The van der Waals surface area contributed by atoms with Gasteiger partial charge in [0.25, 0.3) is 11.5 Å². The van der Waals surface area contributed by atoms with Crippen LogP contribution in [0.4, 0.5) is 5.00 Å². The molecule has 0 bridgehead atoms. The second-order valence-electron chi connectivity index (χ2n) is 9.92. The molecule has 1 aromatic carbocycles. The highest BCUT2D eigenvalue weighted by atomic mass is 32.1. The fraction of sp³-hybridized carbons (Fsp3) is 0.357. The van der Waals surface area contributed by atoms with Crippen molar-refractivity contribution in [2.45, 2.75) is 64.3 Å². The summed E-state index contributed by atoms with van der Waals surface area (Å²) in [7, 11) is 0. The van der Waals surface area contributed by atoms with Crippen LogP contribution in [0.15, 0.2) is 34.7 Å². The third kappa shape index (κ3) is 4.20. The maximum atomic E-state index is 13.7. The minimum atomic E-state index is -0.819. The summed E-state index contributed by atoms with van der Waals surface area (Å²) < 4.78 is 1.38. The van der Waals surface area contributed by atoms with E-state index < -0.39 is 11.9 Å². The average molecular weight is 533 g/mol. The number of carbonyl (C=O) groups is 2. The lowest BCUT2D eigenvalue weighted by molar-refractivity contribution is -0.118. The number of thiophene rings is 2. The molecule has 0 fully saturated rings. The number of primary amides is 1. The summed E-state index contributed by atoms with van der Waals surface area (Å²) in [6.07, 6.45) is 9.75. The zero-order chi connectivity index (χ0) is 25.7. The van der Waals surface area contributed by atoms with Crippen molar-refractivity contribution in [1.29, 1.82) is 0 Å². The van der Waals surface area contributed by atoms with Gasteiger partial charge in [0.1, 0.15) is 15.9 Å². The molecule has 3 heterocycles. The van der Waals surface area contributed by atoms with Gasteiger partial charge in [0.05, 0.1) is 17.3 Å². The van der Waals surface area contributed by atoms with Gasteiger partial charge in [-0.05, 0) is 80.5 Å². The Hall–Kier alpha value is -3.30. The Balaban J connectivity index is 1.34. The zero-order valence-corrected chi connectivity index (χ0v) is 22.3. The number of carbonyl (C=O) groups excluding carboxylic acids is 2. The Morgan fingerprint density at radius 3 is 2.65 bits per heavy atom. The van der Waals surface area contributed by atoms with Crippen molar-refractivity contribution in [3.05, 3.63) is 67.4 Å². The van der Waals surface area contributed by atoms with E-state index >= 15 is 0 Å². The molecule has 4 aromatic rings. The summed E-state index contributed by atoms with van der Waals surface area (Å²) in [5.74, 6) is -0.912. The monoisotopic (exact) mass is 532 g/mol. The molecule has 7 nitrogen and oxygen atoms in total. The lowest BCUT2D eigenvalue weighted by Gasteiger charge is -2.17. The quantitative estimate of drug-likeness (QED) is 0.366. The van der Waals surface area contributed by atoms with Crippen molar-refractivity contribution in [1.82, 2.24) is 9.55 Å². The fourth-order valence-corrected chi connectivity index (χ4v) is 7.80. The first-order valence-electron chi connectivity index (χ1n) is 12.8. The number of amides is 2. The number of hydrogen-bond acceptors (Lipinski definition) is 6. The third-order valence-corrected chi connectivity index (χ3v) is 9.72. The first-order chi connectivity index (χ1) is 17.9. The summed E-state index contributed by atoms with van der Waals surface area (Å²) >= 11 is 2.85. The number of nitrogens with zero attached hydrogens (tertiary/aromatic N) is 2. The maximum Gasteiger partial charge on any atom is 0.263 e. The number of aromatic nitrogens is 2. The predicted molar refractivity (Wildman–Crippen MR) is 149 cm³/mol. The van der Waals surface area contributed by atoms with E-state index in [1.54, 1.807) is 6.92 Å². The summed E-state index contributed by atoms with van der Waals surface area (Å²) in [4.78, 5) is 45.5. The van der Waals surface area contributed by atoms with E-state index in [1.807, 2.05) is 5.38 Å². The summed E-state index contributed by atoms with van der Waals surface area (Å²) in [5, 5.41) is 5.88. The zero-order valence-electron chi connectivity index (χ0n) is 20.6. The second kappa shape index (κ2) is 9.54. The van der Waals surface area contributed by atoms with Crippen molar-refractivity contribution in [3.63, 3.8) is 0 Å². The molecule has 1 atom stereocenters. The number of hydrogen-bond donors (Lipinski definition) is 2. The van der Waals surface area contributed by atoms with Crippen LogP contribution >= 0.6 is 22.7 Å². The van der Waals surface area contributed by atoms with Crippen LogP contribution in [-0.2, 0) is 30.5 Å². The van der Waals surface area contributed by atoms with Gasteiger partial charge in [-0.2, -0.15) is 0 Å². The van der Waals surface area contributed by atoms with Crippen LogP contribution < -0.4 is 16.6 Å². The molecule has 2 amide bonds. The summed E-state index contributed by atoms with van der Waals surface area (Å²) in [6, 6.07) is 5.64. The van der Waals surface area contributed by atoms with Gasteiger partial charge in [-0.1, -0.05) is 18.2 Å². The van der Waals surface area contributed by atoms with E-state index in [9.17, 15) is 14.4 Å². The second-order valence-corrected chi connectivity index (χ2v) is 11.9. The van der Waals surface area contributed by atoms with Gasteiger partial charge < -0.3 is 11.1 Å². The summed E-state index contributed by atoms with van der Waals surface area (Å²) in [5.41, 5.74) is 11.4. The molecule has 9 heteroatoms. The van der Waals surface area contributed by atoms with Gasteiger partial charge >= 0.3 is 0 Å². The molecule has 1 unspecified atom stereocenters. The smallest absolute Gasteiger partial charge is 0.263 e. The molecule has 6 rings (SSSR count). The summed E-state index contributed by atoms with van der Waals surface area (Å²) in [6.45, 7) is 1.67. The molecule has 2 aliphatic rings. The van der Waals surface area contributed by atoms with E-state index in [-0.39, 0.29) is 11.5 Å². The maximum absolute atomic E-state index is 13.7. The Morgan fingerprint density at radius 1 is 1.08 bits per heavy atom. The minimum Gasteiger partial charge on any atom is -0.365 e. The first-order valence-corrected chi connectivity index (χ1v) is 14.5. The van der Waals surface area contributed by atoms with Gasteiger partial charge in [-0.3, -0.25) is 19.0 Å². The van der Waals surface area contributed by atoms with E-state index in [0.29, 0.717) is 20.8 Å². The molecule has 2 aliphatic carbocycles. The topological polar surface area (TPSA) is 107 Å². The van der Waals surface area contributed by atoms with Crippen molar-refractivity contribution in [2.24, 2.45) is 5.73 Å². The van der Waals surface area contributed by atoms with Gasteiger partial charge in [0.2, 0.25) is 5.91 Å². The molecule has 3 aromatic heterocycles. The van der Waals surface area contributed by atoms with Crippen LogP contribution in [0.3, 0.4) is 0 Å². The SMILES string of the molecule is CC(C(=O)Nc1sc2c(c1C(N)=O)CCCC2)n1cnc2scc(-c3ccc4c(c3)CCCC4)c2c1=O. The number of nitrogens with one attached hydrogen (secondary N) is 1. The minimum absolute atomic E-state index is 0.248. The molecule has 0 spiro atoms. The number of nitrogens with two attached hydrogens (primary N) is 1. The van der Waals surface area contributed by atoms with Gasteiger partial charge in [-0.15, -0.1) is 22.7 Å². The van der Waals surface area contributed by atoms with Crippen LogP contribution in [0, 0.1) is 0 Å². The number of anilines is 1. The lowest BCUT2D eigenvalue weighted by atomic mass is 9.89. The highest BCUT2D eigenvalue weighted by molar-refractivity contribution is 7.17. The van der Waals surface area contributed by atoms with E-state index in [4.69, 9.17) is 5.73 Å². The van der Waals surface area contributed by atoms with Crippen LogP contribution in [0.1, 0.15) is 70.6 Å². The molecule has 0 saturated heterocycles. The van der Waals surface area contributed by atoms with Crippen LogP contribution in [0.2, 0.25) is 0 Å². The Morgan fingerprint density at radius 2 is 1.84 bits per heavy atom. The van der Waals surface area contributed by atoms with Crippen molar-refractivity contribution in [3.8, 4) is 11.1 Å². The number of rotatable bonds is 5. The molecular formula is C28H28N4O3S2. The van der Waals surface area contributed by atoms with Gasteiger partial charge in [0, 0.05) is 15.8 Å². The average Bonchev–Trinajstić information content (AvgIpc) is 3.50. The third-order valence-electron chi connectivity index (χ3n) is 7.63. The fourth-order valence-electron chi connectivity index (χ4n) is 5.59. The Bertz CT molecular complexity index is 1610. The molecule has 37 heavy (non-hydrogen) atoms. The number of aryl methyl sites for hydroxylation is 3. The first kappa shape index (κ1) is 24.1.